The van der Waals surface area contributed by atoms with Crippen LogP contribution in [0.25, 0.3) is 11.1 Å². The molecule has 202 valence electrons. The van der Waals surface area contributed by atoms with E-state index in [0.29, 0.717) is 43.5 Å². The standard InChI is InChI=1S/C31H37FN2O4/c1-20(2)29-28(31(38)33-24-11-7-4-8-12-24)27(21-9-5-3-6-10-21)30(22-13-15-23(32)16-14-22)34(29)18-17-25(35)19-26(36)37/h3-12,20,22-23,25,35H,13-19H2,1-2H3,(H,33,38)(H,36,37). The zero-order chi connectivity index (χ0) is 27.2. The molecule has 0 aliphatic heterocycles. The van der Waals surface area contributed by atoms with Crippen molar-refractivity contribution >= 4 is 17.6 Å². The topological polar surface area (TPSA) is 91.6 Å². The van der Waals surface area contributed by atoms with Gasteiger partial charge < -0.3 is 20.1 Å². The van der Waals surface area contributed by atoms with Crippen molar-refractivity contribution in [1.82, 2.24) is 4.57 Å². The molecule has 2 aromatic carbocycles. The van der Waals surface area contributed by atoms with Crippen molar-refractivity contribution in [3.63, 3.8) is 0 Å². The number of rotatable bonds is 10. The van der Waals surface area contributed by atoms with Crippen LogP contribution in [0.5, 0.6) is 0 Å². The summed E-state index contributed by atoms with van der Waals surface area (Å²) in [4.78, 5) is 25.2. The first-order valence-corrected chi connectivity index (χ1v) is 13.5. The SMILES string of the molecule is CC(C)c1c(C(=O)Nc2ccccc2)c(-c2ccccc2)c(C2CCC(F)CC2)n1CCC(O)CC(=O)O. The number of hydrogen-bond donors (Lipinski definition) is 3. The lowest BCUT2D eigenvalue weighted by atomic mass is 9.82. The number of alkyl halides is 1. The molecule has 1 saturated carbocycles. The average Bonchev–Trinajstić information content (AvgIpc) is 3.24. The second kappa shape index (κ2) is 12.4. The number of aliphatic hydroxyl groups is 1. The van der Waals surface area contributed by atoms with Gasteiger partial charge in [-0.3, -0.25) is 9.59 Å². The predicted molar refractivity (Wildman–Crippen MR) is 147 cm³/mol. The molecule has 3 N–H and O–H groups in total. The van der Waals surface area contributed by atoms with Crippen molar-refractivity contribution in [3.8, 4) is 11.1 Å². The first-order valence-electron chi connectivity index (χ1n) is 13.5. The van der Waals surface area contributed by atoms with Gasteiger partial charge in [-0.25, -0.2) is 4.39 Å². The Morgan fingerprint density at radius 2 is 1.61 bits per heavy atom. The largest absolute Gasteiger partial charge is 0.481 e. The molecular formula is C31H37FN2O4. The number of carboxylic acids is 1. The van der Waals surface area contributed by atoms with E-state index >= 15 is 0 Å². The highest BCUT2D eigenvalue weighted by Crippen LogP contribution is 2.45. The maximum absolute atomic E-state index is 14.2. The fourth-order valence-electron chi connectivity index (χ4n) is 5.67. The highest BCUT2D eigenvalue weighted by Gasteiger charge is 2.34. The second-order valence-corrected chi connectivity index (χ2v) is 10.5. The number of aromatic nitrogens is 1. The van der Waals surface area contributed by atoms with Crippen LogP contribution in [0.1, 0.15) is 86.0 Å². The van der Waals surface area contributed by atoms with Crippen molar-refractivity contribution in [3.05, 3.63) is 77.6 Å². The number of hydrogen-bond acceptors (Lipinski definition) is 3. The van der Waals surface area contributed by atoms with E-state index in [9.17, 15) is 19.1 Å². The lowest BCUT2D eigenvalue weighted by molar-refractivity contribution is -0.139. The van der Waals surface area contributed by atoms with Crippen LogP contribution in [0.3, 0.4) is 0 Å². The van der Waals surface area contributed by atoms with Gasteiger partial charge in [-0.1, -0.05) is 62.4 Å². The molecule has 1 aromatic heterocycles. The average molecular weight is 521 g/mol. The molecule has 1 aliphatic rings. The minimum Gasteiger partial charge on any atom is -0.481 e. The van der Waals surface area contributed by atoms with Gasteiger partial charge in [-0.05, 0) is 55.7 Å². The van der Waals surface area contributed by atoms with Crippen LogP contribution in [0.2, 0.25) is 0 Å². The molecule has 38 heavy (non-hydrogen) atoms. The summed E-state index contributed by atoms with van der Waals surface area (Å²) in [6.45, 7) is 4.44. The van der Waals surface area contributed by atoms with Crippen LogP contribution in [-0.2, 0) is 11.3 Å². The van der Waals surface area contributed by atoms with Crippen LogP contribution < -0.4 is 5.32 Å². The van der Waals surface area contributed by atoms with Gasteiger partial charge >= 0.3 is 5.97 Å². The number of para-hydroxylation sites is 1. The van der Waals surface area contributed by atoms with Crippen molar-refractivity contribution in [2.45, 2.75) is 83.0 Å². The Kier molecular flexibility index (Phi) is 9.00. The summed E-state index contributed by atoms with van der Waals surface area (Å²) in [5, 5.41) is 22.6. The van der Waals surface area contributed by atoms with Crippen LogP contribution in [0.15, 0.2) is 60.7 Å². The minimum atomic E-state index is -1.05. The Bertz CT molecular complexity index is 1230. The number of aliphatic carboxylic acids is 1. The quantitative estimate of drug-likeness (QED) is 0.276. The van der Waals surface area contributed by atoms with E-state index in [1.165, 1.54) is 0 Å². The number of aliphatic hydroxyl groups excluding tert-OH is 1. The van der Waals surface area contributed by atoms with Crippen molar-refractivity contribution in [1.29, 1.82) is 0 Å². The van der Waals surface area contributed by atoms with Crippen LogP contribution in [-0.4, -0.2) is 38.9 Å². The lowest BCUT2D eigenvalue weighted by Crippen LogP contribution is -2.21. The molecule has 1 amide bonds. The smallest absolute Gasteiger partial charge is 0.305 e. The Hall–Kier alpha value is -3.45. The summed E-state index contributed by atoms with van der Waals surface area (Å²) >= 11 is 0. The van der Waals surface area contributed by atoms with Gasteiger partial charge in [0, 0.05) is 35.1 Å². The van der Waals surface area contributed by atoms with Crippen molar-refractivity contribution < 1.29 is 24.2 Å². The highest BCUT2D eigenvalue weighted by molar-refractivity contribution is 6.10. The Labute approximate surface area is 223 Å². The zero-order valence-electron chi connectivity index (χ0n) is 22.1. The normalized spacial score (nSPS) is 18.3. The summed E-state index contributed by atoms with van der Waals surface area (Å²) in [6, 6.07) is 19.1. The van der Waals surface area contributed by atoms with Gasteiger partial charge in [0.1, 0.15) is 6.17 Å². The van der Waals surface area contributed by atoms with E-state index in [-0.39, 0.29) is 30.6 Å². The third-order valence-corrected chi connectivity index (χ3v) is 7.35. The van der Waals surface area contributed by atoms with Gasteiger partial charge in [0.25, 0.3) is 5.91 Å². The molecule has 4 rings (SSSR count). The molecule has 0 spiro atoms. The molecule has 7 heteroatoms. The lowest BCUT2D eigenvalue weighted by Gasteiger charge is -2.28. The molecular weight excluding hydrogens is 483 g/mol. The monoisotopic (exact) mass is 520 g/mol. The van der Waals surface area contributed by atoms with Gasteiger partial charge in [-0.2, -0.15) is 0 Å². The van der Waals surface area contributed by atoms with Gasteiger partial charge in [0.05, 0.1) is 18.1 Å². The number of anilines is 1. The maximum Gasteiger partial charge on any atom is 0.305 e. The van der Waals surface area contributed by atoms with Crippen LogP contribution in [0.4, 0.5) is 10.1 Å². The van der Waals surface area contributed by atoms with Gasteiger partial charge in [0.2, 0.25) is 0 Å². The summed E-state index contributed by atoms with van der Waals surface area (Å²) in [5.41, 5.74) is 4.85. The Morgan fingerprint density at radius 3 is 2.18 bits per heavy atom. The summed E-state index contributed by atoms with van der Waals surface area (Å²) in [7, 11) is 0. The van der Waals surface area contributed by atoms with Gasteiger partial charge in [-0.15, -0.1) is 0 Å². The fourth-order valence-corrected chi connectivity index (χ4v) is 5.67. The molecule has 1 atom stereocenters. The van der Waals surface area contributed by atoms with E-state index in [0.717, 1.165) is 22.5 Å². The molecule has 1 fully saturated rings. The number of nitrogens with one attached hydrogen (secondary N) is 1. The fraction of sp³-hybridized carbons (Fsp3) is 0.419. The van der Waals surface area contributed by atoms with E-state index in [2.05, 4.69) is 9.88 Å². The van der Waals surface area contributed by atoms with E-state index in [1.54, 1.807) is 0 Å². The third kappa shape index (κ3) is 6.33. The molecule has 1 heterocycles. The molecule has 6 nitrogen and oxygen atoms in total. The minimum absolute atomic E-state index is 0.0307. The first-order chi connectivity index (χ1) is 18.3. The molecule has 3 aromatic rings. The Balaban J connectivity index is 1.91. The van der Waals surface area contributed by atoms with E-state index < -0.39 is 18.2 Å². The first kappa shape index (κ1) is 27.6. The second-order valence-electron chi connectivity index (χ2n) is 10.5. The summed E-state index contributed by atoms with van der Waals surface area (Å²) in [6.07, 6.45) is 0.333. The van der Waals surface area contributed by atoms with Crippen LogP contribution in [0, 0.1) is 0 Å². The number of carbonyl (C=O) groups is 2. The van der Waals surface area contributed by atoms with Crippen molar-refractivity contribution in [2.24, 2.45) is 0 Å². The van der Waals surface area contributed by atoms with Crippen LogP contribution >= 0.6 is 0 Å². The third-order valence-electron chi connectivity index (χ3n) is 7.35. The summed E-state index contributed by atoms with van der Waals surface area (Å²) in [5.74, 6) is -1.26. The van der Waals surface area contributed by atoms with E-state index in [4.69, 9.17) is 5.11 Å². The summed E-state index contributed by atoms with van der Waals surface area (Å²) < 4.78 is 16.3. The number of carbonyl (C=O) groups excluding carboxylic acids is 1. The molecule has 1 aliphatic carbocycles. The number of carboxylic acid groups (broad SMARTS) is 1. The highest BCUT2D eigenvalue weighted by atomic mass is 19.1. The number of benzene rings is 2. The number of amides is 1. The molecule has 0 saturated heterocycles. The van der Waals surface area contributed by atoms with E-state index in [1.807, 2.05) is 74.5 Å². The zero-order valence-corrected chi connectivity index (χ0v) is 22.1. The predicted octanol–water partition coefficient (Wildman–Crippen LogP) is 6.75. The molecule has 0 bridgehead atoms. The molecule has 0 radical (unpaired) electrons. The number of nitrogens with zero attached hydrogens (tertiary/aromatic N) is 1. The molecule has 1 unspecified atom stereocenters. The Morgan fingerprint density at radius 1 is 1.00 bits per heavy atom. The van der Waals surface area contributed by atoms with Gasteiger partial charge in [0.15, 0.2) is 0 Å². The van der Waals surface area contributed by atoms with Crippen molar-refractivity contribution in [2.75, 3.05) is 5.32 Å². The maximum atomic E-state index is 14.2. The number of halogens is 1.